The Morgan fingerprint density at radius 1 is 1.43 bits per heavy atom. The van der Waals surface area contributed by atoms with Crippen LogP contribution in [0.4, 0.5) is 0 Å². The lowest BCUT2D eigenvalue weighted by Crippen LogP contribution is -1.99. The van der Waals surface area contributed by atoms with Gasteiger partial charge in [-0.25, -0.2) is 0 Å². The van der Waals surface area contributed by atoms with Gasteiger partial charge in [0.05, 0.1) is 6.54 Å². The van der Waals surface area contributed by atoms with E-state index in [0.717, 1.165) is 6.54 Å². The van der Waals surface area contributed by atoms with Gasteiger partial charge >= 0.3 is 0 Å². The number of hydrogen-bond donors (Lipinski definition) is 0. The summed E-state index contributed by atoms with van der Waals surface area (Å²) in [6.45, 7) is 2.71. The van der Waals surface area contributed by atoms with Crippen molar-refractivity contribution in [3.8, 4) is 0 Å². The first kappa shape index (κ1) is 6.40. The molecule has 0 spiro atoms. The lowest BCUT2D eigenvalue weighted by Gasteiger charge is -1.97. The van der Waals surface area contributed by atoms with Gasteiger partial charge in [0.15, 0.2) is 0 Å². The monoisotopic (exact) mass is 101 g/mol. The second kappa shape index (κ2) is 3.59. The molecule has 0 saturated carbocycles. The van der Waals surface area contributed by atoms with Crippen molar-refractivity contribution in [3.05, 3.63) is 0 Å². The number of hydrogen-bond acceptors (Lipinski definition) is 2. The molecule has 0 aliphatic rings. The van der Waals surface area contributed by atoms with E-state index >= 15 is 0 Å². The predicted octanol–water partition coefficient (Wildman–Crippen LogP) is 0.935. The highest BCUT2D eigenvalue weighted by Crippen LogP contribution is 1.75. The van der Waals surface area contributed by atoms with Crippen LogP contribution >= 0.6 is 0 Å². The molecule has 0 unspecified atom stereocenters. The Morgan fingerprint density at radius 2 is 2.00 bits per heavy atom. The minimum absolute atomic E-state index is 0.762. The zero-order valence-corrected chi connectivity index (χ0v) is 5.05. The molecule has 0 rings (SSSR count). The first-order chi connectivity index (χ1) is 3.27. The van der Waals surface area contributed by atoms with Gasteiger partial charge in [0, 0.05) is 14.1 Å². The first-order valence-electron chi connectivity index (χ1n) is 2.32. The van der Waals surface area contributed by atoms with Crippen LogP contribution in [0, 0.1) is 0 Å². The third kappa shape index (κ3) is 5.40. The van der Waals surface area contributed by atoms with E-state index < -0.39 is 0 Å². The molecule has 0 aromatic rings. The summed E-state index contributed by atoms with van der Waals surface area (Å²) in [6.07, 6.45) is 0. The Balaban J connectivity index is 3.08. The van der Waals surface area contributed by atoms with Crippen LogP contribution in [0.1, 0.15) is 6.92 Å². The maximum Gasteiger partial charge on any atom is 0.0592 e. The summed E-state index contributed by atoms with van der Waals surface area (Å²) in [7, 11) is 3.69. The molecule has 0 bridgehead atoms. The van der Waals surface area contributed by atoms with Crippen LogP contribution in [0.2, 0.25) is 0 Å². The van der Waals surface area contributed by atoms with Crippen molar-refractivity contribution >= 4 is 0 Å². The maximum absolute atomic E-state index is 3.72. The van der Waals surface area contributed by atoms with Crippen molar-refractivity contribution < 1.29 is 0 Å². The van der Waals surface area contributed by atoms with Crippen LogP contribution in [0.15, 0.2) is 10.3 Å². The largest absolute Gasteiger partial charge is 0.285 e. The standard InChI is InChI=1S/C4H11N3/c1-4-5-6-7(2)3/h4H2,1-3H3. The Bertz CT molecular complexity index is 58.0. The fraction of sp³-hybridized carbons (Fsp3) is 1.00. The second-order valence-electron chi connectivity index (χ2n) is 1.39. The quantitative estimate of drug-likeness (QED) is 0.375. The summed E-state index contributed by atoms with van der Waals surface area (Å²) in [6, 6.07) is 0. The van der Waals surface area contributed by atoms with Crippen molar-refractivity contribution in [1.82, 2.24) is 5.01 Å². The summed E-state index contributed by atoms with van der Waals surface area (Å²) >= 11 is 0. The summed E-state index contributed by atoms with van der Waals surface area (Å²) < 4.78 is 0. The fourth-order valence-corrected chi connectivity index (χ4v) is 0.190. The Labute approximate surface area is 44.0 Å². The van der Waals surface area contributed by atoms with E-state index in [2.05, 4.69) is 10.3 Å². The molecule has 0 amide bonds. The molecule has 0 aromatic heterocycles. The third-order valence-corrected chi connectivity index (χ3v) is 0.384. The van der Waals surface area contributed by atoms with Crippen molar-refractivity contribution in [2.24, 2.45) is 10.3 Å². The van der Waals surface area contributed by atoms with E-state index in [1.807, 2.05) is 21.0 Å². The summed E-state index contributed by atoms with van der Waals surface area (Å²) in [5.41, 5.74) is 0. The smallest absolute Gasteiger partial charge is 0.0592 e. The molecular formula is C4H11N3. The SMILES string of the molecule is CCN=NN(C)C. The topological polar surface area (TPSA) is 28.0 Å². The van der Waals surface area contributed by atoms with E-state index in [4.69, 9.17) is 0 Å². The lowest BCUT2D eigenvalue weighted by molar-refractivity contribution is 0.400. The van der Waals surface area contributed by atoms with Crippen molar-refractivity contribution in [2.75, 3.05) is 20.6 Å². The Hall–Kier alpha value is -0.600. The molecule has 3 heteroatoms. The molecule has 0 saturated heterocycles. The van der Waals surface area contributed by atoms with E-state index in [0.29, 0.717) is 0 Å². The highest BCUT2D eigenvalue weighted by molar-refractivity contribution is 4.22. The number of nitrogens with zero attached hydrogens (tertiary/aromatic N) is 3. The zero-order valence-electron chi connectivity index (χ0n) is 5.05. The van der Waals surface area contributed by atoms with Gasteiger partial charge < -0.3 is 0 Å². The molecule has 0 fully saturated rings. The highest BCUT2D eigenvalue weighted by Gasteiger charge is 1.71. The predicted molar refractivity (Wildman–Crippen MR) is 29.1 cm³/mol. The van der Waals surface area contributed by atoms with Gasteiger partial charge in [-0.1, -0.05) is 5.22 Å². The lowest BCUT2D eigenvalue weighted by atomic mass is 10.8. The van der Waals surface area contributed by atoms with E-state index in [1.54, 1.807) is 5.01 Å². The van der Waals surface area contributed by atoms with Crippen LogP contribution in [0.3, 0.4) is 0 Å². The van der Waals surface area contributed by atoms with Crippen LogP contribution in [-0.4, -0.2) is 25.6 Å². The van der Waals surface area contributed by atoms with Crippen LogP contribution < -0.4 is 0 Å². The summed E-state index contributed by atoms with van der Waals surface area (Å²) in [5.74, 6) is 0. The third-order valence-electron chi connectivity index (χ3n) is 0.384. The molecule has 7 heavy (non-hydrogen) atoms. The van der Waals surface area contributed by atoms with Gasteiger partial charge in [0.25, 0.3) is 0 Å². The van der Waals surface area contributed by atoms with Gasteiger partial charge in [-0.15, -0.1) is 0 Å². The minimum atomic E-state index is 0.762. The van der Waals surface area contributed by atoms with Gasteiger partial charge in [-0.2, -0.15) is 5.11 Å². The summed E-state index contributed by atoms with van der Waals surface area (Å²) in [5, 5.41) is 9.09. The average Bonchev–Trinajstić information content (AvgIpc) is 1.61. The van der Waals surface area contributed by atoms with E-state index in [-0.39, 0.29) is 0 Å². The average molecular weight is 101 g/mol. The van der Waals surface area contributed by atoms with Gasteiger partial charge in [-0.3, -0.25) is 5.01 Å². The van der Waals surface area contributed by atoms with E-state index in [9.17, 15) is 0 Å². The second-order valence-corrected chi connectivity index (χ2v) is 1.39. The van der Waals surface area contributed by atoms with Gasteiger partial charge in [0.2, 0.25) is 0 Å². The molecule has 0 N–H and O–H groups in total. The van der Waals surface area contributed by atoms with E-state index in [1.165, 1.54) is 0 Å². The molecule has 3 nitrogen and oxygen atoms in total. The minimum Gasteiger partial charge on any atom is -0.285 e. The molecule has 0 heterocycles. The maximum atomic E-state index is 3.72. The molecule has 0 aliphatic heterocycles. The van der Waals surface area contributed by atoms with Gasteiger partial charge in [-0.05, 0) is 6.92 Å². The van der Waals surface area contributed by atoms with Gasteiger partial charge in [0.1, 0.15) is 0 Å². The van der Waals surface area contributed by atoms with Crippen molar-refractivity contribution in [2.45, 2.75) is 6.92 Å². The van der Waals surface area contributed by atoms with Crippen molar-refractivity contribution in [3.63, 3.8) is 0 Å². The summed E-state index contributed by atoms with van der Waals surface area (Å²) in [4.78, 5) is 0. The fourth-order valence-electron chi connectivity index (χ4n) is 0.190. The normalized spacial score (nSPS) is 10.1. The Morgan fingerprint density at radius 3 is 2.14 bits per heavy atom. The molecule has 0 radical (unpaired) electrons. The molecule has 42 valence electrons. The molecule has 0 aliphatic carbocycles. The first-order valence-corrected chi connectivity index (χ1v) is 2.32. The molecule has 0 aromatic carbocycles. The van der Waals surface area contributed by atoms with Crippen molar-refractivity contribution in [1.29, 1.82) is 0 Å². The molecular weight excluding hydrogens is 90.1 g/mol. The molecule has 0 atom stereocenters. The highest BCUT2D eigenvalue weighted by atomic mass is 15.5. The van der Waals surface area contributed by atoms with Crippen LogP contribution in [-0.2, 0) is 0 Å². The van der Waals surface area contributed by atoms with Crippen LogP contribution in [0.5, 0.6) is 0 Å². The Kier molecular flexibility index (Phi) is 3.28. The number of rotatable bonds is 2. The zero-order chi connectivity index (χ0) is 5.70. The van der Waals surface area contributed by atoms with Crippen LogP contribution in [0.25, 0.3) is 0 Å².